The van der Waals surface area contributed by atoms with Gasteiger partial charge in [-0.25, -0.2) is 4.39 Å². The molecule has 0 saturated heterocycles. The number of carbonyl (C=O) groups excluding carboxylic acids is 1. The topological polar surface area (TPSA) is 17.1 Å². The summed E-state index contributed by atoms with van der Waals surface area (Å²) < 4.78 is 13.7. The summed E-state index contributed by atoms with van der Waals surface area (Å²) in [6, 6.07) is 3.06. The minimum atomic E-state index is -0.529. The van der Waals surface area contributed by atoms with Gasteiger partial charge in [0.15, 0.2) is 0 Å². The van der Waals surface area contributed by atoms with Crippen LogP contribution in [0.4, 0.5) is 4.39 Å². The van der Waals surface area contributed by atoms with Crippen LogP contribution in [0.15, 0.2) is 16.6 Å². The molecule has 0 aliphatic carbocycles. The van der Waals surface area contributed by atoms with Crippen LogP contribution in [0.5, 0.6) is 0 Å². The fourth-order valence-electron chi connectivity index (χ4n) is 0.840. The first-order valence-electron chi connectivity index (χ1n) is 3.23. The Morgan fingerprint density at radius 1 is 1.58 bits per heavy atom. The first-order valence-corrected chi connectivity index (χ1v) is 4.40. The van der Waals surface area contributed by atoms with E-state index in [4.69, 9.17) is 11.6 Å². The number of hydrogen-bond acceptors (Lipinski definition) is 1. The van der Waals surface area contributed by atoms with Crippen molar-refractivity contribution in [2.24, 2.45) is 0 Å². The van der Waals surface area contributed by atoms with Crippen LogP contribution in [0.3, 0.4) is 0 Å². The van der Waals surface area contributed by atoms with Crippen LogP contribution in [-0.4, -0.2) is 6.29 Å². The van der Waals surface area contributed by atoms with Crippen LogP contribution in [0.25, 0.3) is 0 Å². The van der Waals surface area contributed by atoms with Gasteiger partial charge in [0.25, 0.3) is 0 Å². The van der Waals surface area contributed by atoms with Crippen molar-refractivity contribution in [3.05, 3.63) is 33.0 Å². The Morgan fingerprint density at radius 3 is 2.83 bits per heavy atom. The molecule has 0 aromatic heterocycles. The summed E-state index contributed by atoms with van der Waals surface area (Å²) in [6.45, 7) is 0. The largest absolute Gasteiger partial charge is 0.303 e. The maximum atomic E-state index is 13.1. The lowest BCUT2D eigenvalue weighted by Gasteiger charge is -2.02. The minimum absolute atomic E-state index is 0.0347. The summed E-state index contributed by atoms with van der Waals surface area (Å²) in [5, 5.41) is 0.0371. The molecule has 1 aromatic carbocycles. The molecule has 4 heteroatoms. The fourth-order valence-corrected chi connectivity index (χ4v) is 1.48. The van der Waals surface area contributed by atoms with Gasteiger partial charge in [0.2, 0.25) is 0 Å². The van der Waals surface area contributed by atoms with Crippen molar-refractivity contribution < 1.29 is 9.18 Å². The summed E-state index contributed by atoms with van der Waals surface area (Å²) >= 11 is 8.63. The second-order valence-corrected chi connectivity index (χ2v) is 3.45. The van der Waals surface area contributed by atoms with Gasteiger partial charge in [0.1, 0.15) is 12.1 Å². The predicted octanol–water partition coefficient (Wildman–Crippen LogP) is 2.98. The van der Waals surface area contributed by atoms with E-state index in [-0.39, 0.29) is 11.4 Å². The predicted molar refractivity (Wildman–Crippen MR) is 48.9 cm³/mol. The average molecular weight is 251 g/mol. The molecule has 0 fully saturated rings. The number of halogens is 3. The van der Waals surface area contributed by atoms with Gasteiger partial charge >= 0.3 is 0 Å². The quantitative estimate of drug-likeness (QED) is 0.583. The normalized spacial score (nSPS) is 9.92. The molecule has 0 N–H and O–H groups in total. The Balaban J connectivity index is 3.22. The Bertz CT molecular complexity index is 314. The van der Waals surface area contributed by atoms with E-state index in [9.17, 15) is 9.18 Å². The molecule has 0 heterocycles. The van der Waals surface area contributed by atoms with Crippen LogP contribution < -0.4 is 0 Å². The highest BCUT2D eigenvalue weighted by molar-refractivity contribution is 9.10. The molecule has 0 spiro atoms. The monoisotopic (exact) mass is 250 g/mol. The van der Waals surface area contributed by atoms with Gasteiger partial charge in [0.05, 0.1) is 5.02 Å². The highest BCUT2D eigenvalue weighted by Gasteiger charge is 2.09. The van der Waals surface area contributed by atoms with E-state index < -0.39 is 5.82 Å². The van der Waals surface area contributed by atoms with E-state index in [1.807, 2.05) is 0 Å². The van der Waals surface area contributed by atoms with Crippen LogP contribution in [-0.2, 0) is 11.2 Å². The minimum Gasteiger partial charge on any atom is -0.303 e. The Morgan fingerprint density at radius 2 is 2.25 bits per heavy atom. The van der Waals surface area contributed by atoms with Gasteiger partial charge in [-0.2, -0.15) is 0 Å². The average Bonchev–Trinajstić information content (AvgIpc) is 2.06. The van der Waals surface area contributed by atoms with Crippen molar-refractivity contribution >= 4 is 33.8 Å². The van der Waals surface area contributed by atoms with Crippen molar-refractivity contribution in [2.75, 3.05) is 0 Å². The van der Waals surface area contributed by atoms with Crippen molar-refractivity contribution in [1.29, 1.82) is 0 Å². The van der Waals surface area contributed by atoms with Crippen molar-refractivity contribution in [1.82, 2.24) is 0 Å². The van der Waals surface area contributed by atoms with Gasteiger partial charge in [-0.05, 0) is 12.1 Å². The van der Waals surface area contributed by atoms with Crippen LogP contribution in [0.2, 0.25) is 5.02 Å². The number of hydrogen-bond donors (Lipinski definition) is 0. The zero-order chi connectivity index (χ0) is 9.14. The zero-order valence-corrected chi connectivity index (χ0v) is 8.32. The summed E-state index contributed by atoms with van der Waals surface area (Å²) in [6.07, 6.45) is 0.673. The molecule has 0 aliphatic heterocycles. The van der Waals surface area contributed by atoms with E-state index in [0.29, 0.717) is 16.3 Å². The third-order valence-corrected chi connectivity index (χ3v) is 2.46. The Hall–Kier alpha value is -0.410. The zero-order valence-electron chi connectivity index (χ0n) is 5.98. The molecule has 0 unspecified atom stereocenters. The molecule has 0 bridgehead atoms. The fraction of sp³-hybridized carbons (Fsp3) is 0.125. The van der Waals surface area contributed by atoms with E-state index in [1.54, 1.807) is 6.07 Å². The molecule has 0 saturated carbocycles. The third-order valence-electron chi connectivity index (χ3n) is 1.43. The summed E-state index contributed by atoms with van der Waals surface area (Å²) in [7, 11) is 0. The molecule has 0 amide bonds. The molecular weight excluding hydrogens is 246 g/mol. The van der Waals surface area contributed by atoms with Crippen LogP contribution in [0, 0.1) is 5.82 Å². The van der Waals surface area contributed by atoms with Gasteiger partial charge < -0.3 is 4.79 Å². The molecule has 0 aliphatic rings. The highest BCUT2D eigenvalue weighted by atomic mass is 79.9. The molecule has 0 atom stereocenters. The van der Waals surface area contributed by atoms with Gasteiger partial charge in [-0.3, -0.25) is 0 Å². The Labute approximate surface area is 82.7 Å². The lowest BCUT2D eigenvalue weighted by molar-refractivity contribution is -0.107. The maximum absolute atomic E-state index is 13.1. The second-order valence-electron chi connectivity index (χ2n) is 2.19. The van der Waals surface area contributed by atoms with Gasteiger partial charge in [-0.15, -0.1) is 0 Å². The van der Waals surface area contributed by atoms with Gasteiger partial charge in [0, 0.05) is 16.5 Å². The lowest BCUT2D eigenvalue weighted by Crippen LogP contribution is -1.93. The second kappa shape index (κ2) is 4.01. The number of benzene rings is 1. The molecule has 1 nitrogen and oxygen atoms in total. The van der Waals surface area contributed by atoms with E-state index in [0.717, 1.165) is 0 Å². The molecule has 64 valence electrons. The van der Waals surface area contributed by atoms with Crippen molar-refractivity contribution in [3.63, 3.8) is 0 Å². The molecule has 12 heavy (non-hydrogen) atoms. The first-order chi connectivity index (χ1) is 5.66. The van der Waals surface area contributed by atoms with Crippen LogP contribution in [0.1, 0.15) is 5.56 Å². The summed E-state index contributed by atoms with van der Waals surface area (Å²) in [4.78, 5) is 10.2. The highest BCUT2D eigenvalue weighted by Crippen LogP contribution is 2.25. The smallest absolute Gasteiger partial charge is 0.146 e. The lowest BCUT2D eigenvalue weighted by atomic mass is 10.1. The molecular formula is C8H5BrClFO. The van der Waals surface area contributed by atoms with Crippen LogP contribution >= 0.6 is 27.5 Å². The van der Waals surface area contributed by atoms with E-state index in [1.165, 1.54) is 6.07 Å². The standard InChI is InChI=1S/C8H5BrClFO/c9-6-1-2-7(10)8(11)5(6)3-4-12/h1-2,4H,3H2. The third kappa shape index (κ3) is 1.84. The Kier molecular flexibility index (Phi) is 3.23. The number of rotatable bonds is 2. The molecule has 1 rings (SSSR count). The van der Waals surface area contributed by atoms with E-state index >= 15 is 0 Å². The maximum Gasteiger partial charge on any atom is 0.146 e. The van der Waals surface area contributed by atoms with Crippen molar-refractivity contribution in [3.8, 4) is 0 Å². The number of carbonyl (C=O) groups is 1. The van der Waals surface area contributed by atoms with Gasteiger partial charge in [-0.1, -0.05) is 27.5 Å². The molecule has 0 radical (unpaired) electrons. The van der Waals surface area contributed by atoms with E-state index in [2.05, 4.69) is 15.9 Å². The SMILES string of the molecule is O=CCc1c(Br)ccc(Cl)c1F. The molecule has 1 aromatic rings. The summed E-state index contributed by atoms with van der Waals surface area (Å²) in [5.74, 6) is -0.529. The number of aldehydes is 1. The first kappa shape index (κ1) is 9.68. The van der Waals surface area contributed by atoms with Crippen molar-refractivity contribution in [2.45, 2.75) is 6.42 Å². The summed E-state index contributed by atoms with van der Waals surface area (Å²) in [5.41, 5.74) is 0.303.